The van der Waals surface area contributed by atoms with Crippen LogP contribution < -0.4 is 0 Å². The average Bonchev–Trinajstić information content (AvgIpc) is 2.16. The van der Waals surface area contributed by atoms with Crippen LogP contribution in [0.3, 0.4) is 0 Å². The van der Waals surface area contributed by atoms with Gasteiger partial charge in [0.1, 0.15) is 0 Å². The Labute approximate surface area is 86.5 Å². The number of carbonyl (C=O) groups excluding carboxylic acids is 1. The number of likely N-dealkylation sites (N-methyl/N-ethyl adjacent to an activating group) is 2. The van der Waals surface area contributed by atoms with Gasteiger partial charge in [0.2, 0.25) is 5.91 Å². The maximum absolute atomic E-state index is 11.9. The second kappa shape index (κ2) is 4.75. The van der Waals surface area contributed by atoms with Gasteiger partial charge in [-0.1, -0.05) is 0 Å². The number of carbonyl (C=O) groups is 1. The molecule has 0 spiro atoms. The molecule has 1 amide bonds. The maximum atomic E-state index is 11.9. The normalized spacial score (nSPS) is 21.4. The molecule has 0 aromatic carbocycles. The van der Waals surface area contributed by atoms with Gasteiger partial charge >= 0.3 is 0 Å². The van der Waals surface area contributed by atoms with Crippen molar-refractivity contribution in [1.82, 2.24) is 14.7 Å². The van der Waals surface area contributed by atoms with Crippen molar-refractivity contribution in [3.63, 3.8) is 0 Å². The molecule has 0 bridgehead atoms. The van der Waals surface area contributed by atoms with Crippen molar-refractivity contribution in [1.29, 1.82) is 0 Å². The van der Waals surface area contributed by atoms with Crippen molar-refractivity contribution in [3.05, 3.63) is 0 Å². The molecule has 1 aliphatic rings. The fourth-order valence-electron chi connectivity index (χ4n) is 1.51. The van der Waals surface area contributed by atoms with Gasteiger partial charge < -0.3 is 9.80 Å². The first kappa shape index (κ1) is 11.5. The van der Waals surface area contributed by atoms with Crippen LogP contribution in [0.25, 0.3) is 0 Å². The highest BCUT2D eigenvalue weighted by Crippen LogP contribution is 2.04. The fourth-order valence-corrected chi connectivity index (χ4v) is 1.51. The summed E-state index contributed by atoms with van der Waals surface area (Å²) in [6.45, 7) is 5.68. The zero-order valence-corrected chi connectivity index (χ0v) is 9.66. The van der Waals surface area contributed by atoms with Crippen LogP contribution in [0, 0.1) is 0 Å². The van der Waals surface area contributed by atoms with Crippen molar-refractivity contribution < 1.29 is 4.79 Å². The number of hydrogen-bond donors (Lipinski definition) is 0. The third-order valence-electron chi connectivity index (χ3n) is 2.95. The van der Waals surface area contributed by atoms with E-state index in [0.29, 0.717) is 0 Å². The molecule has 1 saturated heterocycles. The van der Waals surface area contributed by atoms with Crippen LogP contribution in [0.15, 0.2) is 0 Å². The molecular weight excluding hydrogens is 178 g/mol. The molecule has 1 rings (SSSR count). The van der Waals surface area contributed by atoms with Gasteiger partial charge in [-0.05, 0) is 28.1 Å². The van der Waals surface area contributed by atoms with E-state index >= 15 is 0 Å². The molecule has 82 valence electrons. The topological polar surface area (TPSA) is 26.8 Å². The smallest absolute Gasteiger partial charge is 0.239 e. The van der Waals surface area contributed by atoms with Crippen LogP contribution >= 0.6 is 0 Å². The fraction of sp³-hybridized carbons (Fsp3) is 0.900. The summed E-state index contributed by atoms with van der Waals surface area (Å²) < 4.78 is 0. The third-order valence-corrected chi connectivity index (χ3v) is 2.95. The molecule has 1 fully saturated rings. The van der Waals surface area contributed by atoms with E-state index in [1.54, 1.807) is 0 Å². The highest BCUT2D eigenvalue weighted by atomic mass is 16.2. The summed E-state index contributed by atoms with van der Waals surface area (Å²) in [7, 11) is 5.98. The van der Waals surface area contributed by atoms with Crippen LogP contribution in [0.5, 0.6) is 0 Å². The molecule has 1 aliphatic heterocycles. The van der Waals surface area contributed by atoms with Gasteiger partial charge in [0.15, 0.2) is 0 Å². The lowest BCUT2D eigenvalue weighted by molar-refractivity contribution is -0.137. The predicted molar refractivity (Wildman–Crippen MR) is 57.2 cm³/mol. The second-order valence-corrected chi connectivity index (χ2v) is 4.27. The monoisotopic (exact) mass is 199 g/mol. The van der Waals surface area contributed by atoms with Crippen LogP contribution in [-0.2, 0) is 4.79 Å². The van der Waals surface area contributed by atoms with Gasteiger partial charge in [0.25, 0.3) is 0 Å². The lowest BCUT2D eigenvalue weighted by Crippen LogP contribution is -2.52. The largest absolute Gasteiger partial charge is 0.339 e. The number of rotatable bonds is 2. The van der Waals surface area contributed by atoms with E-state index in [1.807, 2.05) is 30.8 Å². The zero-order valence-electron chi connectivity index (χ0n) is 9.66. The molecule has 4 nitrogen and oxygen atoms in total. The Balaban J connectivity index is 2.45. The number of amides is 1. The molecule has 1 unspecified atom stereocenters. The van der Waals surface area contributed by atoms with E-state index in [2.05, 4.69) is 11.9 Å². The lowest BCUT2D eigenvalue weighted by atomic mass is 10.2. The van der Waals surface area contributed by atoms with E-state index in [9.17, 15) is 4.79 Å². The second-order valence-electron chi connectivity index (χ2n) is 4.27. The van der Waals surface area contributed by atoms with E-state index < -0.39 is 0 Å². The van der Waals surface area contributed by atoms with Crippen LogP contribution in [-0.4, -0.2) is 74.0 Å². The van der Waals surface area contributed by atoms with Crippen molar-refractivity contribution >= 4 is 5.91 Å². The molecule has 0 saturated carbocycles. The summed E-state index contributed by atoms with van der Waals surface area (Å²) in [5.41, 5.74) is 0. The first-order chi connectivity index (χ1) is 6.52. The van der Waals surface area contributed by atoms with E-state index in [-0.39, 0.29) is 11.9 Å². The quantitative estimate of drug-likeness (QED) is 0.611. The first-order valence-electron chi connectivity index (χ1n) is 5.16. The number of nitrogens with zero attached hydrogens (tertiary/aromatic N) is 3. The van der Waals surface area contributed by atoms with Gasteiger partial charge in [-0.2, -0.15) is 0 Å². The minimum absolute atomic E-state index is 0.00148. The van der Waals surface area contributed by atoms with Gasteiger partial charge in [0.05, 0.1) is 6.04 Å². The predicted octanol–water partition coefficient (Wildman–Crippen LogP) is -0.289. The molecular formula is C10H21N3O. The molecule has 1 atom stereocenters. The summed E-state index contributed by atoms with van der Waals surface area (Å²) in [6, 6.07) is -0.00148. The van der Waals surface area contributed by atoms with Gasteiger partial charge in [-0.3, -0.25) is 9.69 Å². The standard InChI is InChI=1S/C10H21N3O/c1-9(11(2)3)10(14)13-7-5-12(4)6-8-13/h9H,5-8H2,1-4H3. The summed E-state index contributed by atoms with van der Waals surface area (Å²) in [4.78, 5) is 18.1. The Morgan fingerprint density at radius 3 is 2.14 bits per heavy atom. The van der Waals surface area contributed by atoms with Crippen LogP contribution in [0.2, 0.25) is 0 Å². The highest BCUT2D eigenvalue weighted by Gasteiger charge is 2.24. The summed E-state index contributed by atoms with van der Waals surface area (Å²) in [5, 5.41) is 0. The molecule has 4 heteroatoms. The van der Waals surface area contributed by atoms with Gasteiger partial charge in [-0.25, -0.2) is 0 Å². The minimum atomic E-state index is -0.00148. The zero-order chi connectivity index (χ0) is 10.7. The van der Waals surface area contributed by atoms with Gasteiger partial charge in [-0.15, -0.1) is 0 Å². The molecule has 0 N–H and O–H groups in total. The Kier molecular flexibility index (Phi) is 3.89. The van der Waals surface area contributed by atoms with E-state index in [1.165, 1.54) is 0 Å². The van der Waals surface area contributed by atoms with Crippen LogP contribution in [0.4, 0.5) is 0 Å². The molecule has 0 aromatic rings. The Morgan fingerprint density at radius 2 is 1.71 bits per heavy atom. The molecule has 14 heavy (non-hydrogen) atoms. The summed E-state index contributed by atoms with van der Waals surface area (Å²) in [5.74, 6) is 0.253. The van der Waals surface area contributed by atoms with Crippen LogP contribution in [0.1, 0.15) is 6.92 Å². The number of piperazine rings is 1. The van der Waals surface area contributed by atoms with Crippen molar-refractivity contribution in [3.8, 4) is 0 Å². The first-order valence-corrected chi connectivity index (χ1v) is 5.16. The van der Waals surface area contributed by atoms with Crippen molar-refractivity contribution in [2.45, 2.75) is 13.0 Å². The molecule has 0 aromatic heterocycles. The van der Waals surface area contributed by atoms with Crippen molar-refractivity contribution in [2.75, 3.05) is 47.3 Å². The summed E-state index contributed by atoms with van der Waals surface area (Å²) >= 11 is 0. The van der Waals surface area contributed by atoms with E-state index in [4.69, 9.17) is 0 Å². The third kappa shape index (κ3) is 2.69. The average molecular weight is 199 g/mol. The van der Waals surface area contributed by atoms with E-state index in [0.717, 1.165) is 26.2 Å². The lowest BCUT2D eigenvalue weighted by Gasteiger charge is -2.35. The highest BCUT2D eigenvalue weighted by molar-refractivity contribution is 5.81. The molecule has 1 heterocycles. The van der Waals surface area contributed by atoms with Crippen molar-refractivity contribution in [2.24, 2.45) is 0 Å². The SMILES string of the molecule is CC(C(=O)N1CCN(C)CC1)N(C)C. The maximum Gasteiger partial charge on any atom is 0.239 e. The minimum Gasteiger partial charge on any atom is -0.339 e. The summed E-state index contributed by atoms with van der Waals surface area (Å²) in [6.07, 6.45) is 0. The molecule has 0 aliphatic carbocycles. The number of hydrogen-bond acceptors (Lipinski definition) is 3. The Hall–Kier alpha value is -0.610. The Morgan fingerprint density at radius 1 is 1.21 bits per heavy atom. The van der Waals surface area contributed by atoms with Gasteiger partial charge in [0, 0.05) is 26.2 Å². The Bertz CT molecular complexity index is 198. The molecule has 0 radical (unpaired) electrons.